The van der Waals surface area contributed by atoms with Crippen LogP contribution in [0.1, 0.15) is 12.5 Å². The second-order valence-electron chi connectivity index (χ2n) is 3.97. The van der Waals surface area contributed by atoms with E-state index >= 15 is 0 Å². The van der Waals surface area contributed by atoms with Crippen LogP contribution in [0.2, 0.25) is 5.02 Å². The van der Waals surface area contributed by atoms with E-state index in [9.17, 15) is 10.1 Å². The standard InChI is InChI=1S/C14H12ClNO2S/c1-2-10-3-8-13(16(17)18)14(9-10)19-12-6-4-11(15)5-7-12/h3-9H,2H2,1H3. The maximum absolute atomic E-state index is 11.0. The first-order valence-electron chi connectivity index (χ1n) is 5.81. The number of aryl methyl sites for hydroxylation is 1. The first-order chi connectivity index (χ1) is 9.10. The summed E-state index contributed by atoms with van der Waals surface area (Å²) in [5.41, 5.74) is 1.22. The summed E-state index contributed by atoms with van der Waals surface area (Å²) >= 11 is 7.21. The second kappa shape index (κ2) is 6.08. The topological polar surface area (TPSA) is 43.1 Å². The Bertz CT molecular complexity index is 599. The summed E-state index contributed by atoms with van der Waals surface area (Å²) < 4.78 is 0. The Morgan fingerprint density at radius 3 is 2.47 bits per heavy atom. The molecule has 3 nitrogen and oxygen atoms in total. The van der Waals surface area contributed by atoms with Gasteiger partial charge in [0.15, 0.2) is 0 Å². The molecule has 2 aromatic carbocycles. The minimum atomic E-state index is -0.350. The van der Waals surface area contributed by atoms with Crippen LogP contribution in [-0.4, -0.2) is 4.92 Å². The highest BCUT2D eigenvalue weighted by atomic mass is 35.5. The zero-order valence-electron chi connectivity index (χ0n) is 10.3. The molecule has 19 heavy (non-hydrogen) atoms. The third-order valence-electron chi connectivity index (χ3n) is 2.67. The fraction of sp³-hybridized carbons (Fsp3) is 0.143. The molecule has 2 rings (SSSR count). The van der Waals surface area contributed by atoms with Crippen molar-refractivity contribution in [1.29, 1.82) is 0 Å². The van der Waals surface area contributed by atoms with Crippen LogP contribution in [0.15, 0.2) is 52.3 Å². The summed E-state index contributed by atoms with van der Waals surface area (Å²) in [6.45, 7) is 2.03. The van der Waals surface area contributed by atoms with Crippen LogP contribution in [0.25, 0.3) is 0 Å². The fourth-order valence-electron chi connectivity index (χ4n) is 1.64. The van der Waals surface area contributed by atoms with Gasteiger partial charge >= 0.3 is 0 Å². The van der Waals surface area contributed by atoms with Gasteiger partial charge < -0.3 is 0 Å². The lowest BCUT2D eigenvalue weighted by Gasteiger charge is -2.05. The van der Waals surface area contributed by atoms with Gasteiger partial charge in [0.05, 0.1) is 9.82 Å². The minimum absolute atomic E-state index is 0.136. The van der Waals surface area contributed by atoms with Crippen molar-refractivity contribution in [3.05, 3.63) is 63.2 Å². The van der Waals surface area contributed by atoms with Crippen LogP contribution in [0.5, 0.6) is 0 Å². The molecule has 0 aliphatic heterocycles. The van der Waals surface area contributed by atoms with Gasteiger partial charge in [-0.25, -0.2) is 0 Å². The number of rotatable bonds is 4. The first-order valence-corrected chi connectivity index (χ1v) is 7.00. The van der Waals surface area contributed by atoms with Gasteiger partial charge in [0.1, 0.15) is 0 Å². The van der Waals surface area contributed by atoms with Gasteiger partial charge in [-0.05, 0) is 42.3 Å². The molecular formula is C14H12ClNO2S. The van der Waals surface area contributed by atoms with Crippen molar-refractivity contribution in [2.45, 2.75) is 23.1 Å². The van der Waals surface area contributed by atoms with E-state index in [0.29, 0.717) is 9.92 Å². The molecule has 5 heteroatoms. The summed E-state index contributed by atoms with van der Waals surface area (Å²) in [5.74, 6) is 0. The third kappa shape index (κ3) is 3.49. The first kappa shape index (κ1) is 13.9. The smallest absolute Gasteiger partial charge is 0.258 e. The van der Waals surface area contributed by atoms with Crippen LogP contribution in [0, 0.1) is 10.1 Å². The molecule has 0 heterocycles. The van der Waals surface area contributed by atoms with Crippen molar-refractivity contribution in [3.8, 4) is 0 Å². The van der Waals surface area contributed by atoms with E-state index < -0.39 is 0 Å². The lowest BCUT2D eigenvalue weighted by atomic mass is 10.1. The van der Waals surface area contributed by atoms with Gasteiger partial charge in [0.2, 0.25) is 0 Å². The van der Waals surface area contributed by atoms with E-state index in [1.807, 2.05) is 25.1 Å². The number of nitro benzene ring substituents is 1. The fourth-order valence-corrected chi connectivity index (χ4v) is 2.75. The van der Waals surface area contributed by atoms with Gasteiger partial charge in [0, 0.05) is 16.0 Å². The molecule has 0 atom stereocenters. The van der Waals surface area contributed by atoms with Crippen LogP contribution in [0.4, 0.5) is 5.69 Å². The molecule has 0 aliphatic rings. The predicted molar refractivity (Wildman–Crippen MR) is 78.0 cm³/mol. The minimum Gasteiger partial charge on any atom is -0.258 e. The lowest BCUT2D eigenvalue weighted by Crippen LogP contribution is -1.92. The maximum atomic E-state index is 11.0. The molecule has 98 valence electrons. The SMILES string of the molecule is CCc1ccc([N+](=O)[O-])c(Sc2ccc(Cl)cc2)c1. The summed E-state index contributed by atoms with van der Waals surface area (Å²) in [4.78, 5) is 12.3. The molecule has 0 saturated heterocycles. The Morgan fingerprint density at radius 1 is 1.21 bits per heavy atom. The molecule has 2 aromatic rings. The van der Waals surface area contributed by atoms with Gasteiger partial charge in [0.25, 0.3) is 5.69 Å². The van der Waals surface area contributed by atoms with Crippen LogP contribution >= 0.6 is 23.4 Å². The van der Waals surface area contributed by atoms with Crippen LogP contribution in [0.3, 0.4) is 0 Å². The number of nitrogens with zero attached hydrogens (tertiary/aromatic N) is 1. The van der Waals surface area contributed by atoms with Crippen molar-refractivity contribution < 1.29 is 4.92 Å². The number of nitro groups is 1. The van der Waals surface area contributed by atoms with Crippen molar-refractivity contribution in [1.82, 2.24) is 0 Å². The van der Waals surface area contributed by atoms with Crippen LogP contribution in [-0.2, 0) is 6.42 Å². The van der Waals surface area contributed by atoms with Crippen molar-refractivity contribution >= 4 is 29.1 Å². The summed E-state index contributed by atoms with van der Waals surface area (Å²) in [5, 5.41) is 11.7. The summed E-state index contributed by atoms with van der Waals surface area (Å²) in [6.07, 6.45) is 0.853. The molecule has 0 saturated carbocycles. The molecule has 0 bridgehead atoms. The van der Waals surface area contributed by atoms with Crippen LogP contribution < -0.4 is 0 Å². The van der Waals surface area contributed by atoms with Crippen molar-refractivity contribution in [3.63, 3.8) is 0 Å². The molecule has 0 amide bonds. The highest BCUT2D eigenvalue weighted by Crippen LogP contribution is 2.35. The number of halogens is 1. The quantitative estimate of drug-likeness (QED) is 0.591. The normalized spacial score (nSPS) is 10.4. The molecule has 0 aliphatic carbocycles. The monoisotopic (exact) mass is 293 g/mol. The number of benzene rings is 2. The maximum Gasteiger partial charge on any atom is 0.283 e. The molecule has 0 aromatic heterocycles. The van der Waals surface area contributed by atoms with E-state index in [4.69, 9.17) is 11.6 Å². The van der Waals surface area contributed by atoms with E-state index in [1.165, 1.54) is 11.8 Å². The average Bonchev–Trinajstić information content (AvgIpc) is 2.41. The van der Waals surface area contributed by atoms with Gasteiger partial charge in [-0.1, -0.05) is 36.4 Å². The molecule has 0 spiro atoms. The molecule has 0 N–H and O–H groups in total. The zero-order valence-corrected chi connectivity index (χ0v) is 11.9. The second-order valence-corrected chi connectivity index (χ2v) is 5.52. The Labute approximate surface area is 120 Å². The largest absolute Gasteiger partial charge is 0.283 e. The lowest BCUT2D eigenvalue weighted by molar-refractivity contribution is -0.387. The third-order valence-corrected chi connectivity index (χ3v) is 3.98. The predicted octanol–water partition coefficient (Wildman–Crippen LogP) is 4.96. The van der Waals surface area contributed by atoms with E-state index in [1.54, 1.807) is 24.3 Å². The molecular weight excluding hydrogens is 282 g/mol. The van der Waals surface area contributed by atoms with E-state index in [0.717, 1.165) is 16.9 Å². The summed E-state index contributed by atoms with van der Waals surface area (Å²) in [6, 6.07) is 12.5. The van der Waals surface area contributed by atoms with Gasteiger partial charge in [-0.15, -0.1) is 0 Å². The van der Waals surface area contributed by atoms with Gasteiger partial charge in [-0.3, -0.25) is 10.1 Å². The van der Waals surface area contributed by atoms with Crippen molar-refractivity contribution in [2.24, 2.45) is 0 Å². The summed E-state index contributed by atoms with van der Waals surface area (Å²) in [7, 11) is 0. The Balaban J connectivity index is 2.36. The van der Waals surface area contributed by atoms with Gasteiger partial charge in [-0.2, -0.15) is 0 Å². The number of hydrogen-bond donors (Lipinski definition) is 0. The molecule has 0 fully saturated rings. The molecule has 0 unspecified atom stereocenters. The Morgan fingerprint density at radius 2 is 1.89 bits per heavy atom. The highest BCUT2D eigenvalue weighted by molar-refractivity contribution is 7.99. The average molecular weight is 294 g/mol. The zero-order chi connectivity index (χ0) is 13.8. The Kier molecular flexibility index (Phi) is 4.45. The highest BCUT2D eigenvalue weighted by Gasteiger charge is 2.15. The van der Waals surface area contributed by atoms with E-state index in [-0.39, 0.29) is 10.6 Å². The number of hydrogen-bond acceptors (Lipinski definition) is 3. The Hall–Kier alpha value is -1.52. The molecule has 0 radical (unpaired) electrons. The van der Waals surface area contributed by atoms with E-state index in [2.05, 4.69) is 0 Å². The van der Waals surface area contributed by atoms with Crippen molar-refractivity contribution in [2.75, 3.05) is 0 Å².